The van der Waals surface area contributed by atoms with Crippen LogP contribution in [0.15, 0.2) is 71.5 Å². The molecule has 1 saturated carbocycles. The molecule has 3 aliphatic carbocycles. The van der Waals surface area contributed by atoms with E-state index in [-0.39, 0.29) is 16.7 Å². The molecular formula is C29H31N3O3. The van der Waals surface area contributed by atoms with Crippen molar-refractivity contribution in [2.75, 3.05) is 13.6 Å². The lowest BCUT2D eigenvalue weighted by Gasteiger charge is -2.58. The van der Waals surface area contributed by atoms with Gasteiger partial charge in [-0.15, -0.1) is 0 Å². The summed E-state index contributed by atoms with van der Waals surface area (Å²) in [5.74, 6) is 0.572. The Hall–Kier alpha value is -3.38. The predicted molar refractivity (Wildman–Crippen MR) is 133 cm³/mol. The predicted octanol–water partition coefficient (Wildman–Crippen LogP) is 3.27. The summed E-state index contributed by atoms with van der Waals surface area (Å²) in [7, 11) is 2.20. The largest absolute Gasteiger partial charge is 0.508 e. The highest BCUT2D eigenvalue weighted by Crippen LogP contribution is 2.72. The molecule has 1 saturated heterocycles. The van der Waals surface area contributed by atoms with Crippen molar-refractivity contribution in [2.45, 2.75) is 49.6 Å². The third-order valence-electron chi connectivity index (χ3n) is 8.97. The van der Waals surface area contributed by atoms with Gasteiger partial charge in [0.2, 0.25) is 12.3 Å². The smallest absolute Gasteiger partial charge is 0.247 e. The van der Waals surface area contributed by atoms with Crippen LogP contribution >= 0.6 is 0 Å². The van der Waals surface area contributed by atoms with Gasteiger partial charge >= 0.3 is 0 Å². The number of fused-ring (bicyclic) bond motifs is 2. The monoisotopic (exact) mass is 469 g/mol. The molecular weight excluding hydrogens is 438 g/mol. The number of nitrogens with zero attached hydrogens (tertiary/aromatic N) is 1. The molecule has 6 heteroatoms. The van der Waals surface area contributed by atoms with Crippen molar-refractivity contribution in [1.82, 2.24) is 15.5 Å². The van der Waals surface area contributed by atoms with Crippen LogP contribution < -0.4 is 10.6 Å². The number of nitrogens with one attached hydrogen (secondary N) is 2. The van der Waals surface area contributed by atoms with Gasteiger partial charge in [0.1, 0.15) is 5.75 Å². The lowest BCUT2D eigenvalue weighted by Crippen LogP contribution is -2.66. The second-order valence-electron chi connectivity index (χ2n) is 10.8. The van der Waals surface area contributed by atoms with Crippen molar-refractivity contribution < 1.29 is 14.7 Å². The summed E-state index contributed by atoms with van der Waals surface area (Å²) < 4.78 is 0. The minimum atomic E-state index is -0.104. The standard InChI is InChI=1S/C29H31N3O3/c1-18(27(35)30-14-19-6-4-3-5-7-19)10-20-11-24-26-29(16-32(26)2)15-28(24,13-25(20)31-17-33)23-12-21(34)8-9-22(23)29/h3-10,12,17,24,26,34H,11,13-16H2,1-2H3,(H,30,35)(H,31,33)/b18-10+. The number of carbonyl (C=O) groups is 2. The Kier molecular flexibility index (Phi) is 4.94. The maximum absolute atomic E-state index is 12.9. The minimum absolute atomic E-state index is 0.102. The van der Waals surface area contributed by atoms with Crippen molar-refractivity contribution in [3.63, 3.8) is 0 Å². The van der Waals surface area contributed by atoms with Crippen LogP contribution in [0.3, 0.4) is 0 Å². The summed E-state index contributed by atoms with van der Waals surface area (Å²) in [6.45, 7) is 3.34. The lowest BCUT2D eigenvalue weighted by molar-refractivity contribution is -0.117. The third kappa shape index (κ3) is 3.12. The maximum atomic E-state index is 12.9. The molecule has 180 valence electrons. The normalized spacial score (nSPS) is 30.7. The van der Waals surface area contributed by atoms with Gasteiger partial charge in [-0.3, -0.25) is 9.59 Å². The van der Waals surface area contributed by atoms with Gasteiger partial charge in [-0.1, -0.05) is 36.4 Å². The molecule has 6 nitrogen and oxygen atoms in total. The fourth-order valence-corrected chi connectivity index (χ4v) is 7.80. The maximum Gasteiger partial charge on any atom is 0.247 e. The van der Waals surface area contributed by atoms with Gasteiger partial charge in [-0.2, -0.15) is 0 Å². The zero-order chi connectivity index (χ0) is 24.4. The van der Waals surface area contributed by atoms with Crippen LogP contribution in [0.1, 0.15) is 42.9 Å². The number of phenolic OH excluding ortho intramolecular Hbond substituents is 1. The topological polar surface area (TPSA) is 81.7 Å². The van der Waals surface area contributed by atoms with E-state index in [1.807, 2.05) is 55.5 Å². The summed E-state index contributed by atoms with van der Waals surface area (Å²) in [6, 6.07) is 16.2. The van der Waals surface area contributed by atoms with E-state index in [1.165, 1.54) is 11.1 Å². The molecule has 2 spiro atoms. The van der Waals surface area contributed by atoms with E-state index in [0.717, 1.165) is 42.6 Å². The number of carbonyl (C=O) groups excluding carboxylic acids is 2. The Morgan fingerprint density at radius 1 is 1.17 bits per heavy atom. The SMILES string of the molecule is C/C(=C\C1=C(NC=O)CC23CC4(CN(C)C4C2C1)c1ccc(O)cc13)C(=O)NCc1ccccc1. The summed E-state index contributed by atoms with van der Waals surface area (Å²) in [4.78, 5) is 26.9. The molecule has 6 rings (SSSR count). The highest BCUT2D eigenvalue weighted by molar-refractivity contribution is 5.93. The van der Waals surface area contributed by atoms with Gasteiger partial charge in [-0.25, -0.2) is 0 Å². The molecule has 2 amide bonds. The minimum Gasteiger partial charge on any atom is -0.508 e. The molecule has 2 aromatic rings. The van der Waals surface area contributed by atoms with Crippen molar-refractivity contribution in [3.05, 3.63) is 88.1 Å². The van der Waals surface area contributed by atoms with Crippen LogP contribution in [0.2, 0.25) is 0 Å². The molecule has 4 atom stereocenters. The van der Waals surface area contributed by atoms with Crippen molar-refractivity contribution >= 4 is 12.3 Å². The van der Waals surface area contributed by atoms with E-state index < -0.39 is 0 Å². The van der Waals surface area contributed by atoms with E-state index in [2.05, 4.69) is 28.6 Å². The zero-order valence-corrected chi connectivity index (χ0v) is 20.2. The second kappa shape index (κ2) is 7.82. The van der Waals surface area contributed by atoms with Crippen LogP contribution in [0, 0.1) is 5.92 Å². The molecule has 2 fully saturated rings. The Balaban J connectivity index is 1.33. The van der Waals surface area contributed by atoms with Gasteiger partial charge in [0.05, 0.1) is 0 Å². The Labute approximate surface area is 205 Å². The number of aromatic hydroxyl groups is 1. The van der Waals surface area contributed by atoms with Gasteiger partial charge in [0.15, 0.2) is 0 Å². The van der Waals surface area contributed by atoms with E-state index >= 15 is 0 Å². The Morgan fingerprint density at radius 2 is 1.97 bits per heavy atom. The number of amides is 2. The van der Waals surface area contributed by atoms with Crippen LogP contribution in [0.5, 0.6) is 5.75 Å². The first-order valence-electron chi connectivity index (χ1n) is 12.3. The lowest BCUT2D eigenvalue weighted by atomic mass is 9.58. The second-order valence-corrected chi connectivity index (χ2v) is 10.8. The van der Waals surface area contributed by atoms with E-state index in [4.69, 9.17) is 0 Å². The first-order valence-corrected chi connectivity index (χ1v) is 12.3. The first kappa shape index (κ1) is 22.1. The molecule has 2 aromatic carbocycles. The fraction of sp³-hybridized carbons (Fsp3) is 0.379. The number of benzene rings is 2. The molecule has 0 radical (unpaired) electrons. The average molecular weight is 470 g/mol. The quantitative estimate of drug-likeness (QED) is 0.448. The summed E-state index contributed by atoms with van der Waals surface area (Å²) in [5, 5.41) is 16.3. The molecule has 1 heterocycles. The van der Waals surface area contributed by atoms with Gasteiger partial charge in [-0.05, 0) is 79.6 Å². The van der Waals surface area contributed by atoms with E-state index in [9.17, 15) is 14.7 Å². The van der Waals surface area contributed by atoms with Crippen molar-refractivity contribution in [1.29, 1.82) is 0 Å². The highest BCUT2D eigenvalue weighted by atomic mass is 16.3. The molecule has 4 unspecified atom stereocenters. The van der Waals surface area contributed by atoms with Crippen LogP contribution in [0.25, 0.3) is 0 Å². The summed E-state index contributed by atoms with van der Waals surface area (Å²) in [6.07, 6.45) is 5.26. The first-order chi connectivity index (χ1) is 16.9. The Bertz CT molecular complexity index is 1280. The van der Waals surface area contributed by atoms with Crippen LogP contribution in [-0.2, 0) is 27.0 Å². The molecule has 3 N–H and O–H groups in total. The van der Waals surface area contributed by atoms with Crippen LogP contribution in [-0.4, -0.2) is 42.0 Å². The number of rotatable bonds is 6. The van der Waals surface area contributed by atoms with Gasteiger partial charge in [0, 0.05) is 41.2 Å². The fourth-order valence-electron chi connectivity index (χ4n) is 7.80. The number of phenols is 1. The highest BCUT2D eigenvalue weighted by Gasteiger charge is 2.74. The van der Waals surface area contributed by atoms with E-state index in [1.54, 1.807) is 0 Å². The van der Waals surface area contributed by atoms with Gasteiger partial charge in [0.25, 0.3) is 0 Å². The Morgan fingerprint density at radius 3 is 2.71 bits per heavy atom. The number of allylic oxidation sites excluding steroid dienone is 3. The van der Waals surface area contributed by atoms with Crippen LogP contribution in [0.4, 0.5) is 0 Å². The number of hydrogen-bond acceptors (Lipinski definition) is 4. The number of hydrogen-bond donors (Lipinski definition) is 3. The molecule has 2 bridgehead atoms. The average Bonchev–Trinajstić information content (AvgIpc) is 3.25. The van der Waals surface area contributed by atoms with Gasteiger partial charge < -0.3 is 20.6 Å². The molecule has 0 aromatic heterocycles. The van der Waals surface area contributed by atoms with Crippen molar-refractivity contribution in [2.24, 2.45) is 5.92 Å². The number of likely N-dealkylation sites (tertiary alicyclic amines) is 1. The third-order valence-corrected chi connectivity index (χ3v) is 8.97. The number of likely N-dealkylation sites (N-methyl/N-ethyl adjacent to an activating group) is 1. The summed E-state index contributed by atoms with van der Waals surface area (Å²) >= 11 is 0. The molecule has 1 aliphatic heterocycles. The molecule has 4 aliphatic rings. The zero-order valence-electron chi connectivity index (χ0n) is 20.2. The van der Waals surface area contributed by atoms with E-state index in [0.29, 0.717) is 36.2 Å². The molecule has 35 heavy (non-hydrogen) atoms. The summed E-state index contributed by atoms with van der Waals surface area (Å²) in [5.41, 5.74) is 6.25. The van der Waals surface area contributed by atoms with Crippen molar-refractivity contribution in [3.8, 4) is 5.75 Å².